The zero-order valence-electron chi connectivity index (χ0n) is 20.2. The molecule has 0 saturated heterocycles. The zero-order valence-corrected chi connectivity index (χ0v) is 20.2. The first-order valence-electron chi connectivity index (χ1n) is 12.7. The molecular formula is C34H25NO. The quantitative estimate of drug-likeness (QED) is 0.255. The molecule has 36 heavy (non-hydrogen) atoms. The van der Waals surface area contributed by atoms with Gasteiger partial charge in [-0.1, -0.05) is 78.9 Å². The Morgan fingerprint density at radius 3 is 2.22 bits per heavy atom. The van der Waals surface area contributed by atoms with Crippen molar-refractivity contribution < 1.29 is 4.42 Å². The van der Waals surface area contributed by atoms with Gasteiger partial charge in [0.2, 0.25) is 0 Å². The number of rotatable bonds is 2. The van der Waals surface area contributed by atoms with Crippen LogP contribution in [0.1, 0.15) is 18.1 Å². The third-order valence-corrected chi connectivity index (χ3v) is 8.17. The van der Waals surface area contributed by atoms with Gasteiger partial charge in [0.15, 0.2) is 0 Å². The van der Waals surface area contributed by atoms with E-state index in [-0.39, 0.29) is 5.54 Å². The Morgan fingerprint density at radius 2 is 1.31 bits per heavy atom. The van der Waals surface area contributed by atoms with E-state index in [0.29, 0.717) is 0 Å². The first kappa shape index (κ1) is 19.9. The summed E-state index contributed by atoms with van der Waals surface area (Å²) in [5, 5.41) is 2.36. The van der Waals surface area contributed by atoms with E-state index in [4.69, 9.17) is 4.42 Å². The summed E-state index contributed by atoms with van der Waals surface area (Å²) in [6, 6.07) is 39.5. The van der Waals surface area contributed by atoms with Gasteiger partial charge in [0.25, 0.3) is 0 Å². The van der Waals surface area contributed by atoms with Gasteiger partial charge >= 0.3 is 0 Å². The largest absolute Gasteiger partial charge is 0.456 e. The van der Waals surface area contributed by atoms with Gasteiger partial charge in [-0.3, -0.25) is 0 Å². The minimum atomic E-state index is 0.139. The molecule has 5 aromatic carbocycles. The van der Waals surface area contributed by atoms with Gasteiger partial charge in [-0.05, 0) is 83.5 Å². The molecule has 1 atom stereocenters. The standard InChI is InChI=1S/C34H25NO/c1-34-20-25-7-2-4-10-29(25)35(34)30-18-17-24(19-26(30)21-34)22-13-15-23(16-14-22)27-9-6-12-32-33(27)28-8-3-5-11-31(28)36-32/h2-19H,20-21H2,1H3. The fourth-order valence-electron chi connectivity index (χ4n) is 6.61. The molecule has 3 heterocycles. The topological polar surface area (TPSA) is 16.4 Å². The molecule has 0 aliphatic carbocycles. The minimum Gasteiger partial charge on any atom is -0.456 e. The Hall–Kier alpha value is -4.30. The van der Waals surface area contributed by atoms with E-state index >= 15 is 0 Å². The maximum Gasteiger partial charge on any atom is 0.136 e. The molecule has 2 heteroatoms. The van der Waals surface area contributed by atoms with E-state index in [1.165, 1.54) is 55.5 Å². The summed E-state index contributed by atoms with van der Waals surface area (Å²) in [5.74, 6) is 0. The summed E-state index contributed by atoms with van der Waals surface area (Å²) in [6.07, 6.45) is 2.19. The molecule has 0 bridgehead atoms. The highest BCUT2D eigenvalue weighted by molar-refractivity contribution is 6.12. The van der Waals surface area contributed by atoms with Crippen molar-refractivity contribution in [1.82, 2.24) is 0 Å². The predicted octanol–water partition coefficient (Wildman–Crippen LogP) is 8.93. The van der Waals surface area contributed by atoms with Crippen LogP contribution in [0.5, 0.6) is 0 Å². The smallest absolute Gasteiger partial charge is 0.136 e. The third kappa shape index (κ3) is 2.73. The molecule has 0 fully saturated rings. The highest BCUT2D eigenvalue weighted by atomic mass is 16.3. The maximum absolute atomic E-state index is 6.11. The fourth-order valence-corrected chi connectivity index (χ4v) is 6.61. The molecular weight excluding hydrogens is 438 g/mol. The van der Waals surface area contributed by atoms with Crippen LogP contribution in [-0.2, 0) is 12.8 Å². The van der Waals surface area contributed by atoms with Crippen molar-refractivity contribution in [1.29, 1.82) is 0 Å². The predicted molar refractivity (Wildman–Crippen MR) is 149 cm³/mol. The molecule has 8 rings (SSSR count). The van der Waals surface area contributed by atoms with Crippen molar-refractivity contribution in [2.45, 2.75) is 25.3 Å². The average Bonchev–Trinajstić information content (AvgIpc) is 3.52. The number of hydrogen-bond acceptors (Lipinski definition) is 2. The lowest BCUT2D eigenvalue weighted by Gasteiger charge is -2.30. The third-order valence-electron chi connectivity index (χ3n) is 8.17. The van der Waals surface area contributed by atoms with E-state index in [9.17, 15) is 0 Å². The number of fused-ring (bicyclic) bond motifs is 8. The number of benzene rings is 5. The molecule has 2 nitrogen and oxygen atoms in total. The summed E-state index contributed by atoms with van der Waals surface area (Å²) >= 11 is 0. The van der Waals surface area contributed by atoms with Crippen LogP contribution < -0.4 is 4.90 Å². The zero-order chi connectivity index (χ0) is 23.9. The Kier molecular flexibility index (Phi) is 3.94. The van der Waals surface area contributed by atoms with Gasteiger partial charge < -0.3 is 9.32 Å². The van der Waals surface area contributed by atoms with E-state index in [1.54, 1.807) is 0 Å². The SMILES string of the molecule is CC12Cc3ccccc3N1c1ccc(-c3ccc(-c4cccc5oc6ccccc6c45)cc3)cc1C2. The number of anilines is 2. The molecule has 0 amide bonds. The second kappa shape index (κ2) is 7.11. The molecule has 2 aliphatic rings. The van der Waals surface area contributed by atoms with E-state index in [2.05, 4.69) is 109 Å². The van der Waals surface area contributed by atoms with Gasteiger partial charge in [0, 0.05) is 22.1 Å². The number of furan rings is 1. The Labute approximate surface area is 210 Å². The Bertz CT molecular complexity index is 1810. The van der Waals surface area contributed by atoms with Gasteiger partial charge in [-0.25, -0.2) is 0 Å². The molecule has 0 N–H and O–H groups in total. The average molecular weight is 464 g/mol. The van der Waals surface area contributed by atoms with Crippen LogP contribution in [0.15, 0.2) is 114 Å². The monoisotopic (exact) mass is 463 g/mol. The van der Waals surface area contributed by atoms with Crippen LogP contribution in [0.3, 0.4) is 0 Å². The lowest BCUT2D eigenvalue weighted by Crippen LogP contribution is -2.37. The second-order valence-corrected chi connectivity index (χ2v) is 10.5. The molecule has 1 aromatic heterocycles. The summed E-state index contributed by atoms with van der Waals surface area (Å²) in [4.78, 5) is 2.57. The summed E-state index contributed by atoms with van der Waals surface area (Å²) in [6.45, 7) is 2.40. The van der Waals surface area contributed by atoms with Crippen molar-refractivity contribution in [2.75, 3.05) is 4.90 Å². The van der Waals surface area contributed by atoms with Crippen molar-refractivity contribution in [3.05, 3.63) is 120 Å². The van der Waals surface area contributed by atoms with E-state index in [1.807, 2.05) is 12.1 Å². The first-order valence-corrected chi connectivity index (χ1v) is 12.7. The molecule has 0 spiro atoms. The minimum absolute atomic E-state index is 0.139. The normalized spacial score (nSPS) is 18.0. The van der Waals surface area contributed by atoms with Crippen LogP contribution in [0.2, 0.25) is 0 Å². The highest BCUT2D eigenvalue weighted by Crippen LogP contribution is 2.52. The van der Waals surface area contributed by atoms with E-state index in [0.717, 1.165) is 24.0 Å². The van der Waals surface area contributed by atoms with Crippen molar-refractivity contribution >= 4 is 33.3 Å². The lowest BCUT2D eigenvalue weighted by molar-refractivity contribution is 0.507. The molecule has 1 unspecified atom stereocenters. The first-order chi connectivity index (χ1) is 17.7. The molecule has 2 aliphatic heterocycles. The number of para-hydroxylation sites is 2. The molecule has 6 aromatic rings. The van der Waals surface area contributed by atoms with Gasteiger partial charge in [-0.15, -0.1) is 0 Å². The van der Waals surface area contributed by atoms with Crippen molar-refractivity contribution in [3.8, 4) is 22.3 Å². The van der Waals surface area contributed by atoms with Gasteiger partial charge in [0.05, 0.1) is 5.54 Å². The summed E-state index contributed by atoms with van der Waals surface area (Å²) in [7, 11) is 0. The van der Waals surface area contributed by atoms with Crippen LogP contribution in [0.4, 0.5) is 11.4 Å². The Morgan fingerprint density at radius 1 is 0.611 bits per heavy atom. The second-order valence-electron chi connectivity index (χ2n) is 10.5. The van der Waals surface area contributed by atoms with E-state index < -0.39 is 0 Å². The van der Waals surface area contributed by atoms with Crippen molar-refractivity contribution in [2.24, 2.45) is 0 Å². The fraction of sp³-hybridized carbons (Fsp3) is 0.118. The van der Waals surface area contributed by atoms with Crippen LogP contribution in [0.25, 0.3) is 44.2 Å². The van der Waals surface area contributed by atoms with Crippen molar-refractivity contribution in [3.63, 3.8) is 0 Å². The molecule has 172 valence electrons. The van der Waals surface area contributed by atoms with Gasteiger partial charge in [0.1, 0.15) is 11.2 Å². The molecule has 0 radical (unpaired) electrons. The number of hydrogen-bond donors (Lipinski definition) is 0. The Balaban J connectivity index is 1.17. The van der Waals surface area contributed by atoms with Gasteiger partial charge in [-0.2, -0.15) is 0 Å². The highest BCUT2D eigenvalue weighted by Gasteiger charge is 2.46. The number of nitrogens with zero attached hydrogens (tertiary/aromatic N) is 1. The maximum atomic E-state index is 6.11. The lowest BCUT2D eigenvalue weighted by atomic mass is 9.91. The summed E-state index contributed by atoms with van der Waals surface area (Å²) in [5.41, 5.74) is 12.6. The van der Waals surface area contributed by atoms with Crippen LogP contribution in [-0.4, -0.2) is 5.54 Å². The van der Waals surface area contributed by atoms with Crippen LogP contribution >= 0.6 is 0 Å². The van der Waals surface area contributed by atoms with Crippen LogP contribution in [0, 0.1) is 0 Å². The summed E-state index contributed by atoms with van der Waals surface area (Å²) < 4.78 is 6.11. The molecule has 0 saturated carbocycles.